The van der Waals surface area contributed by atoms with Crippen LogP contribution in [0.25, 0.3) is 22.6 Å². The molecule has 1 aliphatic rings. The Hall–Kier alpha value is -3.78. The molecule has 0 fully saturated rings. The summed E-state index contributed by atoms with van der Waals surface area (Å²) >= 11 is 6.07. The molecule has 0 aliphatic carbocycles. The van der Waals surface area contributed by atoms with Gasteiger partial charge in [-0.05, 0) is 48.9 Å². The number of rotatable bonds is 5. The van der Waals surface area contributed by atoms with Crippen LogP contribution >= 0.6 is 11.6 Å². The molecule has 0 N–H and O–H groups in total. The van der Waals surface area contributed by atoms with Gasteiger partial charge < -0.3 is 4.48 Å². The second-order valence-corrected chi connectivity index (χ2v) is 7.98. The Morgan fingerprint density at radius 2 is 1.85 bits per heavy atom. The predicted octanol–water partition coefficient (Wildman–Crippen LogP) is 5.87. The standard InChI is InChI=1S/C24H17BClF2N5/c1-16-7-9-17(10-8-16)24(20-6-3-13-29-20)22-11-12-23(33(22)25(27)28)32-15-21(30-31-32)18-4-2-5-19(26)14-18/h2-15H,1H3/b24-20-. The van der Waals surface area contributed by atoms with Crippen LogP contribution in [0.1, 0.15) is 16.8 Å². The molecule has 2 aromatic heterocycles. The lowest BCUT2D eigenvalue weighted by Crippen LogP contribution is -2.20. The Bertz CT molecular complexity index is 1400. The SMILES string of the molecule is Cc1ccc(/C(=C2\C=CC=N2)c2ccc(-n3cc(-c4cccc(Cl)c4)nn3)n2B(F)F)cc1. The van der Waals surface area contributed by atoms with Crippen molar-refractivity contribution in [2.45, 2.75) is 6.92 Å². The molecule has 33 heavy (non-hydrogen) atoms. The van der Waals surface area contributed by atoms with Crippen molar-refractivity contribution in [2.75, 3.05) is 0 Å². The van der Waals surface area contributed by atoms with Gasteiger partial charge in [-0.2, -0.15) is 0 Å². The molecule has 1 aliphatic heterocycles. The maximum atomic E-state index is 14.4. The van der Waals surface area contributed by atoms with Gasteiger partial charge in [-0.25, -0.2) is 4.68 Å². The van der Waals surface area contributed by atoms with E-state index in [4.69, 9.17) is 11.6 Å². The Balaban J connectivity index is 1.65. The molecule has 0 amide bonds. The molecular formula is C24H17BClF2N5. The van der Waals surface area contributed by atoms with Crippen molar-refractivity contribution in [3.05, 3.63) is 107 Å². The lowest BCUT2D eigenvalue weighted by atomic mass is 9.98. The Morgan fingerprint density at radius 1 is 1.03 bits per heavy atom. The first-order valence-electron chi connectivity index (χ1n) is 10.2. The Labute approximate surface area is 194 Å². The summed E-state index contributed by atoms with van der Waals surface area (Å²) in [5.74, 6) is 0.192. The zero-order chi connectivity index (χ0) is 22.9. The molecular weight excluding hydrogens is 443 g/mol. The molecule has 0 spiro atoms. The monoisotopic (exact) mass is 459 g/mol. The van der Waals surface area contributed by atoms with E-state index in [1.165, 1.54) is 4.68 Å². The van der Waals surface area contributed by atoms with Gasteiger partial charge in [0, 0.05) is 28.1 Å². The molecule has 4 aromatic rings. The van der Waals surface area contributed by atoms with Crippen LogP contribution in [0.4, 0.5) is 8.63 Å². The number of hydrogen-bond donors (Lipinski definition) is 0. The number of aromatic nitrogens is 4. The highest BCUT2D eigenvalue weighted by Crippen LogP contribution is 2.33. The number of allylic oxidation sites excluding steroid dienone is 2. The second kappa shape index (κ2) is 8.63. The van der Waals surface area contributed by atoms with E-state index in [9.17, 15) is 8.63 Å². The van der Waals surface area contributed by atoms with Crippen LogP contribution < -0.4 is 0 Å². The fourth-order valence-electron chi connectivity index (χ4n) is 3.78. The number of halogens is 3. The minimum atomic E-state index is -2.81. The van der Waals surface area contributed by atoms with Gasteiger partial charge in [0.25, 0.3) is 0 Å². The van der Waals surface area contributed by atoms with E-state index in [1.54, 1.807) is 48.8 Å². The normalized spacial score (nSPS) is 14.2. The zero-order valence-electron chi connectivity index (χ0n) is 17.5. The van der Waals surface area contributed by atoms with Crippen LogP contribution in [-0.4, -0.2) is 33.1 Å². The van der Waals surface area contributed by atoms with Crippen molar-refractivity contribution in [3.63, 3.8) is 0 Å². The summed E-state index contributed by atoms with van der Waals surface area (Å²) in [7, 11) is -2.81. The number of aryl methyl sites for hydroxylation is 1. The first kappa shape index (κ1) is 21.1. The van der Waals surface area contributed by atoms with Crippen LogP contribution in [0.5, 0.6) is 0 Å². The maximum absolute atomic E-state index is 14.4. The van der Waals surface area contributed by atoms with Crippen molar-refractivity contribution < 1.29 is 8.63 Å². The first-order valence-corrected chi connectivity index (χ1v) is 10.6. The van der Waals surface area contributed by atoms with Gasteiger partial charge in [0.1, 0.15) is 11.5 Å². The van der Waals surface area contributed by atoms with Gasteiger partial charge in [0.15, 0.2) is 0 Å². The summed E-state index contributed by atoms with van der Waals surface area (Å²) in [6.45, 7) is 1.98. The molecule has 9 heteroatoms. The topological polar surface area (TPSA) is 48.0 Å². The Morgan fingerprint density at radius 3 is 2.55 bits per heavy atom. The summed E-state index contributed by atoms with van der Waals surface area (Å²) < 4.78 is 31.1. The smallest absolute Gasteiger partial charge is 0.310 e. The van der Waals surface area contributed by atoms with E-state index in [2.05, 4.69) is 15.3 Å². The molecule has 5 nitrogen and oxygen atoms in total. The summed E-state index contributed by atoms with van der Waals surface area (Å²) in [4.78, 5) is 4.38. The van der Waals surface area contributed by atoms with Crippen molar-refractivity contribution in [3.8, 4) is 17.1 Å². The molecule has 162 valence electrons. The molecule has 0 atom stereocenters. The van der Waals surface area contributed by atoms with E-state index in [-0.39, 0.29) is 5.82 Å². The van der Waals surface area contributed by atoms with Gasteiger partial charge in [-0.15, -0.1) is 5.10 Å². The fourth-order valence-corrected chi connectivity index (χ4v) is 3.97. The van der Waals surface area contributed by atoms with Gasteiger partial charge in [0.05, 0.1) is 11.9 Å². The molecule has 2 aromatic carbocycles. The second-order valence-electron chi connectivity index (χ2n) is 7.55. The van der Waals surface area contributed by atoms with Gasteiger partial charge in [0.2, 0.25) is 0 Å². The van der Waals surface area contributed by atoms with E-state index in [0.717, 1.165) is 21.2 Å². The third-order valence-corrected chi connectivity index (χ3v) is 5.58. The van der Waals surface area contributed by atoms with Crippen LogP contribution in [0.15, 0.2) is 89.7 Å². The van der Waals surface area contributed by atoms with Crippen molar-refractivity contribution in [1.82, 2.24) is 19.5 Å². The van der Waals surface area contributed by atoms with Crippen LogP contribution in [-0.2, 0) is 0 Å². The van der Waals surface area contributed by atoms with Crippen molar-refractivity contribution in [2.24, 2.45) is 4.99 Å². The summed E-state index contributed by atoms with van der Waals surface area (Å²) in [5, 5.41) is 8.81. The van der Waals surface area contributed by atoms with Gasteiger partial charge >= 0.3 is 7.40 Å². The minimum Gasteiger partial charge on any atom is -0.310 e. The van der Waals surface area contributed by atoms with E-state index >= 15 is 0 Å². The predicted molar refractivity (Wildman–Crippen MR) is 128 cm³/mol. The third kappa shape index (κ3) is 4.05. The van der Waals surface area contributed by atoms with Gasteiger partial charge in [-0.3, -0.25) is 13.6 Å². The first-order chi connectivity index (χ1) is 16.0. The zero-order valence-corrected chi connectivity index (χ0v) is 18.3. The van der Waals surface area contributed by atoms with Crippen LogP contribution in [0, 0.1) is 6.92 Å². The number of aliphatic imine (C=N–C) groups is 1. The highest BCUT2D eigenvalue weighted by Gasteiger charge is 2.28. The molecule has 0 saturated heterocycles. The maximum Gasteiger partial charge on any atom is 0.679 e. The average Bonchev–Trinajstić information content (AvgIpc) is 3.56. The molecule has 0 unspecified atom stereocenters. The molecule has 3 heterocycles. The van der Waals surface area contributed by atoms with Crippen LogP contribution in [0.3, 0.4) is 0 Å². The lowest BCUT2D eigenvalue weighted by molar-refractivity contribution is 0.618. The summed E-state index contributed by atoms with van der Waals surface area (Å²) in [6, 6.07) is 18.1. The van der Waals surface area contributed by atoms with Gasteiger partial charge in [-0.1, -0.05) is 58.8 Å². The van der Waals surface area contributed by atoms with Crippen LogP contribution in [0.2, 0.25) is 5.02 Å². The number of nitrogens with zero attached hydrogens (tertiary/aromatic N) is 5. The van der Waals surface area contributed by atoms with E-state index < -0.39 is 7.40 Å². The highest BCUT2D eigenvalue weighted by atomic mass is 35.5. The minimum absolute atomic E-state index is 0.192. The van der Waals surface area contributed by atoms with Crippen molar-refractivity contribution in [1.29, 1.82) is 0 Å². The average molecular weight is 460 g/mol. The quantitative estimate of drug-likeness (QED) is 0.350. The lowest BCUT2D eigenvalue weighted by Gasteiger charge is -2.15. The highest BCUT2D eigenvalue weighted by molar-refractivity contribution is 6.42. The molecule has 0 bridgehead atoms. The fraction of sp³-hybridized carbons (Fsp3) is 0.0417. The van der Waals surface area contributed by atoms with Crippen molar-refractivity contribution >= 4 is 30.8 Å². The Kier molecular flexibility index (Phi) is 5.52. The summed E-state index contributed by atoms with van der Waals surface area (Å²) in [5.41, 5.74) is 4.71. The largest absolute Gasteiger partial charge is 0.679 e. The molecule has 0 saturated carbocycles. The van der Waals surface area contributed by atoms with E-state index in [0.29, 0.717) is 27.7 Å². The number of hydrogen-bond acceptors (Lipinski definition) is 3. The van der Waals surface area contributed by atoms with E-state index in [1.807, 2.05) is 43.3 Å². The summed E-state index contributed by atoms with van der Waals surface area (Å²) in [6.07, 6.45) is 6.85. The number of benzene rings is 2. The molecule has 5 rings (SSSR count). The third-order valence-electron chi connectivity index (χ3n) is 5.35. The molecule has 0 radical (unpaired) electrons.